The van der Waals surface area contributed by atoms with Crippen molar-refractivity contribution in [3.8, 4) is 0 Å². The maximum absolute atomic E-state index is 11.9. The summed E-state index contributed by atoms with van der Waals surface area (Å²) < 4.78 is 0. The van der Waals surface area contributed by atoms with E-state index in [0.717, 1.165) is 37.5 Å². The molecule has 0 aromatic carbocycles. The Labute approximate surface area is 106 Å². The van der Waals surface area contributed by atoms with E-state index in [4.69, 9.17) is 0 Å². The SMILES string of the molecule is Cc1ncc(C(=O)NCC2(C)CCNCC2)s1. The van der Waals surface area contributed by atoms with Crippen LogP contribution in [0.5, 0.6) is 0 Å². The molecule has 17 heavy (non-hydrogen) atoms. The summed E-state index contributed by atoms with van der Waals surface area (Å²) in [4.78, 5) is 16.7. The van der Waals surface area contributed by atoms with Crippen molar-refractivity contribution in [3.05, 3.63) is 16.1 Å². The van der Waals surface area contributed by atoms with Crippen molar-refractivity contribution in [1.29, 1.82) is 0 Å². The smallest absolute Gasteiger partial charge is 0.263 e. The van der Waals surface area contributed by atoms with Gasteiger partial charge >= 0.3 is 0 Å². The second kappa shape index (κ2) is 5.14. The Morgan fingerprint density at radius 1 is 1.59 bits per heavy atom. The minimum Gasteiger partial charge on any atom is -0.351 e. The van der Waals surface area contributed by atoms with Gasteiger partial charge in [-0.15, -0.1) is 11.3 Å². The third-order valence-electron chi connectivity index (χ3n) is 3.33. The lowest BCUT2D eigenvalue weighted by molar-refractivity contribution is 0.0926. The van der Waals surface area contributed by atoms with E-state index >= 15 is 0 Å². The topological polar surface area (TPSA) is 54.0 Å². The van der Waals surface area contributed by atoms with Gasteiger partial charge in [-0.05, 0) is 38.3 Å². The Morgan fingerprint density at radius 2 is 2.29 bits per heavy atom. The number of carbonyl (C=O) groups excluding carboxylic acids is 1. The van der Waals surface area contributed by atoms with Gasteiger partial charge in [0, 0.05) is 6.54 Å². The van der Waals surface area contributed by atoms with Crippen LogP contribution in [-0.2, 0) is 0 Å². The molecular formula is C12H19N3OS. The maximum Gasteiger partial charge on any atom is 0.263 e. The van der Waals surface area contributed by atoms with Crippen LogP contribution in [0.25, 0.3) is 0 Å². The third kappa shape index (κ3) is 3.26. The molecule has 0 unspecified atom stereocenters. The molecule has 94 valence electrons. The van der Waals surface area contributed by atoms with Crippen LogP contribution in [0.15, 0.2) is 6.20 Å². The summed E-state index contributed by atoms with van der Waals surface area (Å²) in [6, 6.07) is 0. The Morgan fingerprint density at radius 3 is 2.88 bits per heavy atom. The minimum atomic E-state index is 0.00959. The summed E-state index contributed by atoms with van der Waals surface area (Å²) in [7, 11) is 0. The van der Waals surface area contributed by atoms with Crippen LogP contribution in [0.1, 0.15) is 34.4 Å². The third-order valence-corrected chi connectivity index (χ3v) is 4.24. The number of nitrogens with zero attached hydrogens (tertiary/aromatic N) is 1. The van der Waals surface area contributed by atoms with Gasteiger partial charge in [0.15, 0.2) is 0 Å². The highest BCUT2D eigenvalue weighted by Crippen LogP contribution is 2.26. The lowest BCUT2D eigenvalue weighted by Crippen LogP contribution is -2.42. The van der Waals surface area contributed by atoms with Crippen molar-refractivity contribution in [1.82, 2.24) is 15.6 Å². The number of carbonyl (C=O) groups is 1. The number of hydrogen-bond acceptors (Lipinski definition) is 4. The molecule has 0 aliphatic carbocycles. The van der Waals surface area contributed by atoms with Crippen LogP contribution >= 0.6 is 11.3 Å². The number of aryl methyl sites for hydroxylation is 1. The largest absolute Gasteiger partial charge is 0.351 e. The molecule has 1 saturated heterocycles. The predicted molar refractivity (Wildman–Crippen MR) is 69.4 cm³/mol. The highest BCUT2D eigenvalue weighted by Gasteiger charge is 2.27. The number of hydrogen-bond donors (Lipinski definition) is 2. The summed E-state index contributed by atoms with van der Waals surface area (Å²) in [5.41, 5.74) is 0.237. The first-order valence-electron chi connectivity index (χ1n) is 6.00. The van der Waals surface area contributed by atoms with E-state index in [2.05, 4.69) is 22.5 Å². The zero-order chi connectivity index (χ0) is 12.3. The predicted octanol–water partition coefficient (Wildman–Crippen LogP) is 1.57. The van der Waals surface area contributed by atoms with Crippen molar-refractivity contribution in [2.24, 2.45) is 5.41 Å². The molecule has 5 heteroatoms. The minimum absolute atomic E-state index is 0.00959. The summed E-state index contributed by atoms with van der Waals surface area (Å²) in [5.74, 6) is 0.00959. The number of aromatic nitrogens is 1. The Bertz CT molecular complexity index is 396. The zero-order valence-corrected chi connectivity index (χ0v) is 11.2. The molecule has 0 bridgehead atoms. The van der Waals surface area contributed by atoms with Gasteiger partial charge in [0.25, 0.3) is 5.91 Å². The van der Waals surface area contributed by atoms with E-state index in [1.165, 1.54) is 11.3 Å². The van der Waals surface area contributed by atoms with Crippen molar-refractivity contribution < 1.29 is 4.79 Å². The van der Waals surface area contributed by atoms with Gasteiger partial charge < -0.3 is 10.6 Å². The summed E-state index contributed by atoms with van der Waals surface area (Å²) in [6.45, 7) is 7.00. The fourth-order valence-corrected chi connectivity index (χ4v) is 2.75. The lowest BCUT2D eigenvalue weighted by atomic mass is 9.81. The molecular weight excluding hydrogens is 234 g/mol. The van der Waals surface area contributed by atoms with E-state index < -0.39 is 0 Å². The van der Waals surface area contributed by atoms with Gasteiger partial charge in [-0.1, -0.05) is 6.92 Å². The highest BCUT2D eigenvalue weighted by molar-refractivity contribution is 7.13. The van der Waals surface area contributed by atoms with Crippen LogP contribution in [0.2, 0.25) is 0 Å². The van der Waals surface area contributed by atoms with Crippen molar-refractivity contribution in [2.45, 2.75) is 26.7 Å². The molecule has 2 rings (SSSR count). The summed E-state index contributed by atoms with van der Waals surface area (Å²) in [6.07, 6.45) is 3.89. The maximum atomic E-state index is 11.9. The first-order valence-corrected chi connectivity index (χ1v) is 6.82. The van der Waals surface area contributed by atoms with Crippen molar-refractivity contribution in [2.75, 3.05) is 19.6 Å². The molecule has 1 fully saturated rings. The molecule has 2 heterocycles. The number of thiazole rings is 1. The van der Waals surface area contributed by atoms with Gasteiger partial charge in [-0.25, -0.2) is 4.98 Å². The van der Waals surface area contributed by atoms with E-state index in [1.807, 2.05) is 6.92 Å². The quantitative estimate of drug-likeness (QED) is 0.860. The van der Waals surface area contributed by atoms with Gasteiger partial charge in [-0.2, -0.15) is 0 Å². The van der Waals surface area contributed by atoms with Crippen LogP contribution in [-0.4, -0.2) is 30.5 Å². The van der Waals surface area contributed by atoms with E-state index in [0.29, 0.717) is 4.88 Å². The van der Waals surface area contributed by atoms with E-state index in [-0.39, 0.29) is 11.3 Å². The number of amides is 1. The fourth-order valence-electron chi connectivity index (χ4n) is 2.05. The number of nitrogens with one attached hydrogen (secondary N) is 2. The Kier molecular flexibility index (Phi) is 3.79. The highest BCUT2D eigenvalue weighted by atomic mass is 32.1. The van der Waals surface area contributed by atoms with Gasteiger partial charge in [0.1, 0.15) is 4.88 Å². The van der Waals surface area contributed by atoms with Gasteiger partial charge in [0.2, 0.25) is 0 Å². The van der Waals surface area contributed by atoms with E-state index in [9.17, 15) is 4.79 Å². The molecule has 1 amide bonds. The number of piperidine rings is 1. The molecule has 1 aliphatic rings. The molecule has 2 N–H and O–H groups in total. The number of rotatable bonds is 3. The molecule has 1 aromatic rings. The first kappa shape index (κ1) is 12.5. The zero-order valence-electron chi connectivity index (χ0n) is 10.4. The summed E-state index contributed by atoms with van der Waals surface area (Å²) in [5, 5.41) is 7.30. The second-order valence-corrected chi connectivity index (χ2v) is 6.22. The van der Waals surface area contributed by atoms with Crippen molar-refractivity contribution in [3.63, 3.8) is 0 Å². The molecule has 0 radical (unpaired) electrons. The average Bonchev–Trinajstić information content (AvgIpc) is 2.74. The van der Waals surface area contributed by atoms with Crippen LogP contribution in [0.4, 0.5) is 0 Å². The fraction of sp³-hybridized carbons (Fsp3) is 0.667. The first-order chi connectivity index (χ1) is 8.09. The normalized spacial score (nSPS) is 18.9. The van der Waals surface area contributed by atoms with Crippen LogP contribution in [0, 0.1) is 12.3 Å². The van der Waals surface area contributed by atoms with Gasteiger partial charge in [-0.3, -0.25) is 4.79 Å². The molecule has 1 aliphatic heterocycles. The second-order valence-electron chi connectivity index (χ2n) is 4.99. The molecule has 0 spiro atoms. The Balaban J connectivity index is 1.87. The monoisotopic (exact) mass is 253 g/mol. The lowest BCUT2D eigenvalue weighted by Gasteiger charge is -2.34. The molecule has 0 saturated carbocycles. The standard InChI is InChI=1S/C12H19N3OS/c1-9-14-7-10(17-9)11(16)15-8-12(2)3-5-13-6-4-12/h7,13H,3-6,8H2,1-2H3,(H,15,16). The van der Waals surface area contributed by atoms with Gasteiger partial charge in [0.05, 0.1) is 11.2 Å². The molecule has 1 aromatic heterocycles. The van der Waals surface area contributed by atoms with Crippen LogP contribution < -0.4 is 10.6 Å². The molecule has 4 nitrogen and oxygen atoms in total. The Hall–Kier alpha value is -0.940. The molecule has 0 atom stereocenters. The van der Waals surface area contributed by atoms with Crippen LogP contribution in [0.3, 0.4) is 0 Å². The van der Waals surface area contributed by atoms with E-state index in [1.54, 1.807) is 6.20 Å². The van der Waals surface area contributed by atoms with Crippen molar-refractivity contribution >= 4 is 17.2 Å². The summed E-state index contributed by atoms with van der Waals surface area (Å²) >= 11 is 1.45. The average molecular weight is 253 g/mol.